The summed E-state index contributed by atoms with van der Waals surface area (Å²) in [7, 11) is 0. The molecule has 2 heterocycles. The lowest BCUT2D eigenvalue weighted by molar-refractivity contribution is -0.138. The van der Waals surface area contributed by atoms with E-state index in [1.807, 2.05) is 4.68 Å². The van der Waals surface area contributed by atoms with Crippen LogP contribution < -0.4 is 0 Å². The van der Waals surface area contributed by atoms with Gasteiger partial charge in [-0.15, -0.1) is 0 Å². The highest BCUT2D eigenvalue weighted by Crippen LogP contribution is 2.32. The average Bonchev–Trinajstić information content (AvgIpc) is 2.82. The van der Waals surface area contributed by atoms with Gasteiger partial charge in [0, 0.05) is 12.8 Å². The predicted octanol–water partition coefficient (Wildman–Crippen LogP) is 3.79. The summed E-state index contributed by atoms with van der Waals surface area (Å²) < 4.78 is 40.8. The maximum Gasteiger partial charge on any atom is 0.416 e. The van der Waals surface area contributed by atoms with Crippen LogP contribution in [0.25, 0.3) is 0 Å². The number of hydrogen-bond acceptors (Lipinski definition) is 2. The number of rotatable bonds is 2. The molecule has 0 radical (unpaired) electrons. The Morgan fingerprint density at radius 1 is 1.29 bits per heavy atom. The molecular weight excluding hydrogens is 279 g/mol. The zero-order valence-corrected chi connectivity index (χ0v) is 11.7. The largest absolute Gasteiger partial charge is 0.416 e. The standard InChI is InChI=1S/C15H16F3N3/c1-10-5-4-8-14-19-13(20-21(10)14)9-11-6-2-3-7-12(11)15(16,17)18/h2-3,6-7,10H,4-5,8-9H2,1H3. The molecule has 0 saturated carbocycles. The first-order valence-corrected chi connectivity index (χ1v) is 7.04. The molecule has 0 amide bonds. The van der Waals surface area contributed by atoms with Crippen molar-refractivity contribution in [3.63, 3.8) is 0 Å². The number of benzene rings is 1. The van der Waals surface area contributed by atoms with Gasteiger partial charge in [0.2, 0.25) is 0 Å². The summed E-state index contributed by atoms with van der Waals surface area (Å²) in [5.74, 6) is 1.35. The molecule has 1 aliphatic rings. The van der Waals surface area contributed by atoms with E-state index >= 15 is 0 Å². The highest BCUT2D eigenvalue weighted by molar-refractivity contribution is 5.31. The van der Waals surface area contributed by atoms with Crippen LogP contribution in [0.5, 0.6) is 0 Å². The van der Waals surface area contributed by atoms with Crippen molar-refractivity contribution in [3.8, 4) is 0 Å². The fourth-order valence-corrected chi connectivity index (χ4v) is 2.80. The lowest BCUT2D eigenvalue weighted by atomic mass is 10.0. The second-order valence-electron chi connectivity index (χ2n) is 5.46. The molecule has 21 heavy (non-hydrogen) atoms. The zero-order valence-electron chi connectivity index (χ0n) is 11.7. The van der Waals surface area contributed by atoms with Crippen LogP contribution in [-0.4, -0.2) is 14.8 Å². The second kappa shape index (κ2) is 5.16. The topological polar surface area (TPSA) is 30.7 Å². The van der Waals surface area contributed by atoms with Crippen LogP contribution in [0.1, 0.15) is 48.6 Å². The van der Waals surface area contributed by atoms with E-state index in [9.17, 15) is 13.2 Å². The molecule has 3 rings (SSSR count). The first-order valence-electron chi connectivity index (χ1n) is 7.04. The van der Waals surface area contributed by atoms with Gasteiger partial charge in [-0.3, -0.25) is 0 Å². The van der Waals surface area contributed by atoms with Crippen LogP contribution >= 0.6 is 0 Å². The number of hydrogen-bond donors (Lipinski definition) is 0. The monoisotopic (exact) mass is 295 g/mol. The normalized spacial score (nSPS) is 18.6. The van der Waals surface area contributed by atoms with E-state index in [2.05, 4.69) is 17.0 Å². The van der Waals surface area contributed by atoms with Crippen molar-refractivity contribution >= 4 is 0 Å². The molecule has 2 aromatic rings. The van der Waals surface area contributed by atoms with Crippen LogP contribution in [0.4, 0.5) is 13.2 Å². The van der Waals surface area contributed by atoms with Crippen LogP contribution in [0.15, 0.2) is 24.3 Å². The maximum atomic E-state index is 13.0. The number of fused-ring (bicyclic) bond motifs is 1. The van der Waals surface area contributed by atoms with E-state index < -0.39 is 11.7 Å². The molecule has 1 atom stereocenters. The van der Waals surface area contributed by atoms with Gasteiger partial charge in [0.25, 0.3) is 0 Å². The predicted molar refractivity (Wildman–Crippen MR) is 71.9 cm³/mol. The molecule has 1 aromatic carbocycles. The van der Waals surface area contributed by atoms with Crippen LogP contribution in [0.3, 0.4) is 0 Å². The van der Waals surface area contributed by atoms with E-state index in [0.29, 0.717) is 5.82 Å². The van der Waals surface area contributed by atoms with Crippen LogP contribution in [0, 0.1) is 0 Å². The first-order chi connectivity index (χ1) is 9.95. The summed E-state index contributed by atoms with van der Waals surface area (Å²) in [5, 5.41) is 4.39. The molecule has 0 saturated heterocycles. The van der Waals surface area contributed by atoms with E-state index in [1.54, 1.807) is 6.07 Å². The molecule has 1 aromatic heterocycles. The Morgan fingerprint density at radius 3 is 2.76 bits per heavy atom. The third kappa shape index (κ3) is 2.80. The molecule has 1 aliphatic heterocycles. The van der Waals surface area contributed by atoms with Gasteiger partial charge in [-0.05, 0) is 31.4 Å². The summed E-state index contributed by atoms with van der Waals surface area (Å²) in [6.45, 7) is 2.06. The van der Waals surface area contributed by atoms with Gasteiger partial charge < -0.3 is 0 Å². The van der Waals surface area contributed by atoms with Gasteiger partial charge in [-0.2, -0.15) is 18.3 Å². The summed E-state index contributed by atoms with van der Waals surface area (Å²) in [4.78, 5) is 4.40. The van der Waals surface area contributed by atoms with E-state index in [0.717, 1.165) is 31.2 Å². The van der Waals surface area contributed by atoms with Crippen molar-refractivity contribution in [3.05, 3.63) is 47.0 Å². The Balaban J connectivity index is 1.91. The molecule has 0 bridgehead atoms. The highest BCUT2D eigenvalue weighted by atomic mass is 19.4. The molecular formula is C15H16F3N3. The van der Waals surface area contributed by atoms with E-state index in [4.69, 9.17) is 0 Å². The van der Waals surface area contributed by atoms with Gasteiger partial charge in [-0.1, -0.05) is 18.2 Å². The zero-order chi connectivity index (χ0) is 15.0. The minimum atomic E-state index is -4.34. The van der Waals surface area contributed by atoms with Crippen molar-refractivity contribution in [2.75, 3.05) is 0 Å². The van der Waals surface area contributed by atoms with E-state index in [-0.39, 0.29) is 18.0 Å². The summed E-state index contributed by atoms with van der Waals surface area (Å²) in [6.07, 6.45) is -1.29. The summed E-state index contributed by atoms with van der Waals surface area (Å²) in [6, 6.07) is 5.89. The lowest BCUT2D eigenvalue weighted by Crippen LogP contribution is -2.16. The number of aromatic nitrogens is 3. The fraction of sp³-hybridized carbons (Fsp3) is 0.467. The minimum Gasteiger partial charge on any atom is -0.247 e. The number of aryl methyl sites for hydroxylation is 1. The Hall–Kier alpha value is -1.85. The van der Waals surface area contributed by atoms with Crippen molar-refractivity contribution in [2.24, 2.45) is 0 Å². The van der Waals surface area contributed by atoms with Crippen molar-refractivity contribution in [1.29, 1.82) is 0 Å². The molecule has 0 aliphatic carbocycles. The van der Waals surface area contributed by atoms with Gasteiger partial charge in [0.1, 0.15) is 5.82 Å². The Kier molecular flexibility index (Phi) is 3.47. The van der Waals surface area contributed by atoms with Crippen molar-refractivity contribution in [2.45, 2.75) is 44.8 Å². The molecule has 0 fully saturated rings. The fourth-order valence-electron chi connectivity index (χ4n) is 2.80. The van der Waals surface area contributed by atoms with Gasteiger partial charge >= 0.3 is 6.18 Å². The molecule has 0 spiro atoms. The summed E-state index contributed by atoms with van der Waals surface area (Å²) >= 11 is 0. The first kappa shape index (κ1) is 14.1. The third-order valence-electron chi connectivity index (χ3n) is 3.86. The average molecular weight is 295 g/mol. The lowest BCUT2D eigenvalue weighted by Gasteiger charge is -2.18. The third-order valence-corrected chi connectivity index (χ3v) is 3.86. The molecule has 6 heteroatoms. The number of halogens is 3. The molecule has 3 nitrogen and oxygen atoms in total. The van der Waals surface area contributed by atoms with Crippen molar-refractivity contribution < 1.29 is 13.2 Å². The Bertz CT molecular complexity index is 646. The van der Waals surface area contributed by atoms with Gasteiger partial charge in [0.05, 0.1) is 11.6 Å². The Morgan fingerprint density at radius 2 is 2.05 bits per heavy atom. The van der Waals surface area contributed by atoms with Crippen molar-refractivity contribution in [1.82, 2.24) is 14.8 Å². The number of nitrogens with zero attached hydrogens (tertiary/aromatic N) is 3. The van der Waals surface area contributed by atoms with Crippen LogP contribution in [0.2, 0.25) is 0 Å². The Labute approximate surface area is 120 Å². The quantitative estimate of drug-likeness (QED) is 0.844. The minimum absolute atomic E-state index is 0.113. The highest BCUT2D eigenvalue weighted by Gasteiger charge is 2.33. The molecule has 0 N–H and O–H groups in total. The van der Waals surface area contributed by atoms with E-state index in [1.165, 1.54) is 12.1 Å². The molecule has 112 valence electrons. The molecule has 1 unspecified atom stereocenters. The van der Waals surface area contributed by atoms with Gasteiger partial charge in [0.15, 0.2) is 5.82 Å². The summed E-state index contributed by atoms with van der Waals surface area (Å²) in [5.41, 5.74) is -0.383. The second-order valence-corrected chi connectivity index (χ2v) is 5.46. The number of alkyl halides is 3. The van der Waals surface area contributed by atoms with Gasteiger partial charge in [-0.25, -0.2) is 9.67 Å². The smallest absolute Gasteiger partial charge is 0.247 e. The SMILES string of the molecule is CC1CCCc2nc(Cc3ccccc3C(F)(F)F)nn21. The maximum absolute atomic E-state index is 13.0. The van der Waals surface area contributed by atoms with Crippen LogP contribution in [-0.2, 0) is 19.0 Å².